The van der Waals surface area contributed by atoms with Crippen molar-refractivity contribution in [1.82, 2.24) is 0 Å². The summed E-state index contributed by atoms with van der Waals surface area (Å²) in [6.07, 6.45) is 0. The molecule has 1 unspecified atom stereocenters. The molecule has 0 amide bonds. The lowest BCUT2D eigenvalue weighted by molar-refractivity contribution is -0.157. The van der Waals surface area contributed by atoms with E-state index in [1.807, 2.05) is 12.1 Å². The average Bonchev–Trinajstić information content (AvgIpc) is 2.82. The number of hydrogen-bond donors (Lipinski definition) is 0. The van der Waals surface area contributed by atoms with E-state index >= 15 is 0 Å². The van der Waals surface area contributed by atoms with Crippen molar-refractivity contribution < 1.29 is 9.47 Å². The summed E-state index contributed by atoms with van der Waals surface area (Å²) in [7, 11) is 0. The molecule has 1 fully saturated rings. The Bertz CT molecular complexity index is 427. The van der Waals surface area contributed by atoms with Gasteiger partial charge in [-0.2, -0.15) is 0 Å². The fourth-order valence-corrected chi connectivity index (χ4v) is 4.37. The highest BCUT2D eigenvalue weighted by Gasteiger charge is 2.61. The standard InChI is InChI=1S/C11H9Br3O2/c12-9-10(13,14)7-3-1-2-4-8(7)11(9)15-5-6-16-11/h1-4,9H,5-6H2. The van der Waals surface area contributed by atoms with Crippen LogP contribution in [-0.4, -0.2) is 18.0 Å². The Kier molecular flexibility index (Phi) is 2.76. The van der Waals surface area contributed by atoms with Crippen LogP contribution in [0.2, 0.25) is 0 Å². The Balaban J connectivity index is 2.23. The van der Waals surface area contributed by atoms with Gasteiger partial charge in [-0.15, -0.1) is 0 Å². The van der Waals surface area contributed by atoms with Gasteiger partial charge in [-0.25, -0.2) is 0 Å². The Morgan fingerprint density at radius 2 is 1.62 bits per heavy atom. The van der Waals surface area contributed by atoms with Crippen LogP contribution >= 0.6 is 47.8 Å². The molecule has 1 heterocycles. The molecule has 0 N–H and O–H groups in total. The molecule has 0 radical (unpaired) electrons. The first kappa shape index (κ1) is 11.7. The lowest BCUT2D eigenvalue weighted by Gasteiger charge is -2.29. The van der Waals surface area contributed by atoms with Gasteiger partial charge in [-0.05, 0) is 5.56 Å². The number of fused-ring (bicyclic) bond motifs is 2. The summed E-state index contributed by atoms with van der Waals surface area (Å²) in [5, 5.41) is 0. The number of halogens is 3. The van der Waals surface area contributed by atoms with Crippen LogP contribution in [-0.2, 0) is 18.5 Å². The molecule has 2 aliphatic rings. The molecular weight excluding hydrogens is 404 g/mol. The molecule has 2 nitrogen and oxygen atoms in total. The molecule has 1 aromatic carbocycles. The van der Waals surface area contributed by atoms with Gasteiger partial charge in [-0.1, -0.05) is 72.1 Å². The Hall–Kier alpha value is 0.580. The third-order valence-electron chi connectivity index (χ3n) is 3.03. The molecule has 1 aliphatic carbocycles. The van der Waals surface area contributed by atoms with E-state index in [4.69, 9.17) is 9.47 Å². The van der Waals surface area contributed by atoms with Gasteiger partial charge in [0, 0.05) is 5.56 Å². The van der Waals surface area contributed by atoms with Gasteiger partial charge >= 0.3 is 0 Å². The summed E-state index contributed by atoms with van der Waals surface area (Å²) in [5.41, 5.74) is 2.24. The maximum atomic E-state index is 5.85. The monoisotopic (exact) mass is 410 g/mol. The first-order valence-corrected chi connectivity index (χ1v) is 7.49. The molecule has 0 saturated carbocycles. The average molecular weight is 413 g/mol. The number of benzene rings is 1. The van der Waals surface area contributed by atoms with Gasteiger partial charge in [0.2, 0.25) is 5.79 Å². The molecule has 16 heavy (non-hydrogen) atoms. The van der Waals surface area contributed by atoms with Gasteiger partial charge in [0.05, 0.1) is 13.2 Å². The van der Waals surface area contributed by atoms with Crippen LogP contribution in [0.15, 0.2) is 24.3 Å². The second kappa shape index (κ2) is 3.79. The highest BCUT2D eigenvalue weighted by molar-refractivity contribution is 9.25. The highest BCUT2D eigenvalue weighted by Crippen LogP contribution is 2.61. The highest BCUT2D eigenvalue weighted by atomic mass is 79.9. The molecule has 0 bridgehead atoms. The molecule has 1 saturated heterocycles. The van der Waals surface area contributed by atoms with E-state index < -0.39 is 5.79 Å². The van der Waals surface area contributed by atoms with E-state index in [9.17, 15) is 0 Å². The van der Waals surface area contributed by atoms with Gasteiger partial charge in [-0.3, -0.25) is 0 Å². The summed E-state index contributed by atoms with van der Waals surface area (Å²) < 4.78 is 11.3. The molecule has 1 spiro atoms. The smallest absolute Gasteiger partial charge is 0.210 e. The first-order valence-electron chi connectivity index (χ1n) is 4.99. The second-order valence-electron chi connectivity index (χ2n) is 3.90. The van der Waals surface area contributed by atoms with Crippen molar-refractivity contribution in [2.45, 2.75) is 13.8 Å². The topological polar surface area (TPSA) is 18.5 Å². The lowest BCUT2D eigenvalue weighted by atomic mass is 10.1. The number of alkyl halides is 3. The molecule has 1 aromatic rings. The van der Waals surface area contributed by atoms with Crippen LogP contribution in [0, 0.1) is 0 Å². The molecule has 86 valence electrons. The number of ether oxygens (including phenoxy) is 2. The van der Waals surface area contributed by atoms with E-state index in [1.165, 1.54) is 0 Å². The molecule has 1 atom stereocenters. The summed E-state index contributed by atoms with van der Waals surface area (Å²) in [6, 6.07) is 8.16. The van der Waals surface area contributed by atoms with E-state index in [0.29, 0.717) is 13.2 Å². The van der Waals surface area contributed by atoms with Crippen molar-refractivity contribution in [3.63, 3.8) is 0 Å². The van der Waals surface area contributed by atoms with Crippen LogP contribution in [0.5, 0.6) is 0 Å². The van der Waals surface area contributed by atoms with Crippen LogP contribution in [0.3, 0.4) is 0 Å². The molecule has 3 rings (SSSR count). The minimum absolute atomic E-state index is 0.00704. The minimum atomic E-state index is -0.663. The lowest BCUT2D eigenvalue weighted by Crippen LogP contribution is -2.37. The maximum Gasteiger partial charge on any atom is 0.210 e. The number of hydrogen-bond acceptors (Lipinski definition) is 2. The summed E-state index contributed by atoms with van der Waals surface area (Å²) >= 11 is 11.1. The third-order valence-corrected chi connectivity index (χ3v) is 7.32. The van der Waals surface area contributed by atoms with Gasteiger partial charge < -0.3 is 9.47 Å². The normalized spacial score (nSPS) is 29.6. The Morgan fingerprint density at radius 3 is 2.25 bits per heavy atom. The largest absolute Gasteiger partial charge is 0.342 e. The van der Waals surface area contributed by atoms with Crippen LogP contribution in [0.25, 0.3) is 0 Å². The Labute approximate surface area is 119 Å². The van der Waals surface area contributed by atoms with E-state index in [-0.39, 0.29) is 8.06 Å². The van der Waals surface area contributed by atoms with Crippen molar-refractivity contribution in [1.29, 1.82) is 0 Å². The van der Waals surface area contributed by atoms with Crippen molar-refractivity contribution in [3.05, 3.63) is 35.4 Å². The minimum Gasteiger partial charge on any atom is -0.342 e. The molecule has 5 heteroatoms. The van der Waals surface area contributed by atoms with Crippen molar-refractivity contribution in [2.24, 2.45) is 0 Å². The zero-order valence-electron chi connectivity index (χ0n) is 8.25. The fourth-order valence-electron chi connectivity index (χ4n) is 2.32. The first-order chi connectivity index (χ1) is 7.59. The fraction of sp³-hybridized carbons (Fsp3) is 0.455. The quantitative estimate of drug-likeness (QED) is 0.606. The predicted octanol–water partition coefficient (Wildman–Crippen LogP) is 3.61. The van der Waals surface area contributed by atoms with Gasteiger partial charge in [0.1, 0.15) is 8.06 Å². The van der Waals surface area contributed by atoms with Gasteiger partial charge in [0.25, 0.3) is 0 Å². The zero-order valence-corrected chi connectivity index (χ0v) is 13.0. The van der Waals surface area contributed by atoms with E-state index in [1.54, 1.807) is 0 Å². The third kappa shape index (κ3) is 1.35. The van der Waals surface area contributed by atoms with Crippen LogP contribution in [0.4, 0.5) is 0 Å². The van der Waals surface area contributed by atoms with Crippen LogP contribution < -0.4 is 0 Å². The molecule has 0 aromatic heterocycles. The van der Waals surface area contributed by atoms with Crippen molar-refractivity contribution in [3.8, 4) is 0 Å². The Morgan fingerprint density at radius 1 is 1.06 bits per heavy atom. The van der Waals surface area contributed by atoms with Crippen LogP contribution in [0.1, 0.15) is 11.1 Å². The predicted molar refractivity (Wildman–Crippen MR) is 72.3 cm³/mol. The van der Waals surface area contributed by atoms with Crippen molar-refractivity contribution in [2.75, 3.05) is 13.2 Å². The van der Waals surface area contributed by atoms with Crippen molar-refractivity contribution >= 4 is 47.8 Å². The molecule has 1 aliphatic heterocycles. The maximum absolute atomic E-state index is 5.85. The van der Waals surface area contributed by atoms with E-state index in [0.717, 1.165) is 11.1 Å². The molecular formula is C11H9Br3O2. The summed E-state index contributed by atoms with van der Waals surface area (Å²) in [4.78, 5) is -0.00704. The zero-order chi connectivity index (χ0) is 11.4. The SMILES string of the molecule is BrC1C(Br)(Br)c2ccccc2C12OCCO2. The second-order valence-corrected chi connectivity index (χ2v) is 8.38. The van der Waals surface area contributed by atoms with E-state index in [2.05, 4.69) is 59.9 Å². The summed E-state index contributed by atoms with van der Waals surface area (Å²) in [5.74, 6) is -0.663. The van der Waals surface area contributed by atoms with Gasteiger partial charge in [0.15, 0.2) is 0 Å². The number of rotatable bonds is 0. The summed E-state index contributed by atoms with van der Waals surface area (Å²) in [6.45, 7) is 1.26.